The molecule has 0 unspecified atom stereocenters. The number of hydrogen-bond donors (Lipinski definition) is 1. The largest absolute Gasteiger partial charge is 0.390 e. The van der Waals surface area contributed by atoms with Gasteiger partial charge in [-0.1, -0.05) is 19.9 Å². The average molecular weight is 141 g/mol. The molecule has 0 spiro atoms. The van der Waals surface area contributed by atoms with Crippen LogP contribution in [0, 0.1) is 5.41 Å². The molecule has 0 aliphatic rings. The highest BCUT2D eigenvalue weighted by molar-refractivity contribution is 5.58. The summed E-state index contributed by atoms with van der Waals surface area (Å²) in [7, 11) is 0. The van der Waals surface area contributed by atoms with E-state index in [1.54, 1.807) is 0 Å². The van der Waals surface area contributed by atoms with Gasteiger partial charge in [-0.2, -0.15) is 0 Å². The van der Waals surface area contributed by atoms with E-state index >= 15 is 0 Å². The predicted molar refractivity (Wildman–Crippen MR) is 42.7 cm³/mol. The molecule has 0 radical (unpaired) electrons. The molecule has 58 valence electrons. The molecule has 0 fully saturated rings. The molecule has 1 N–H and O–H groups in total. The van der Waals surface area contributed by atoms with Crippen LogP contribution in [-0.2, 0) is 4.79 Å². The third-order valence-electron chi connectivity index (χ3n) is 1.16. The minimum atomic E-state index is -0.250. The molecule has 0 saturated carbocycles. The summed E-state index contributed by atoms with van der Waals surface area (Å²) >= 11 is 0. The summed E-state index contributed by atoms with van der Waals surface area (Å²) in [5.41, 5.74) is -0.250. The van der Waals surface area contributed by atoms with Gasteiger partial charge in [0.15, 0.2) is 0 Å². The number of aldehydes is 1. The monoisotopic (exact) mass is 141 g/mol. The lowest BCUT2D eigenvalue weighted by atomic mass is 9.96. The van der Waals surface area contributed by atoms with Crippen LogP contribution in [-0.4, -0.2) is 12.8 Å². The lowest BCUT2D eigenvalue weighted by Gasteiger charge is -2.15. The number of hydrogen-bond acceptors (Lipinski definition) is 2. The van der Waals surface area contributed by atoms with Crippen LogP contribution in [0.5, 0.6) is 0 Å². The second-order valence-electron chi connectivity index (χ2n) is 2.99. The molecule has 10 heavy (non-hydrogen) atoms. The zero-order chi connectivity index (χ0) is 8.04. The van der Waals surface area contributed by atoms with Crippen LogP contribution in [0.1, 0.15) is 20.8 Å². The Morgan fingerprint density at radius 2 is 2.10 bits per heavy atom. The van der Waals surface area contributed by atoms with Crippen LogP contribution in [0.4, 0.5) is 0 Å². The zero-order valence-corrected chi connectivity index (χ0v) is 6.85. The summed E-state index contributed by atoms with van der Waals surface area (Å²) in [6.45, 7) is 6.43. The highest BCUT2D eigenvalue weighted by Crippen LogP contribution is 2.07. The normalized spacial score (nSPS) is 11.9. The Morgan fingerprint density at radius 3 is 2.50 bits per heavy atom. The number of nitrogens with one attached hydrogen (secondary N) is 1. The van der Waals surface area contributed by atoms with Gasteiger partial charge in [0.1, 0.15) is 6.29 Å². The van der Waals surface area contributed by atoms with Gasteiger partial charge in [-0.15, -0.1) is 0 Å². The molecule has 0 amide bonds. The first kappa shape index (κ1) is 9.21. The van der Waals surface area contributed by atoms with E-state index in [4.69, 9.17) is 0 Å². The quantitative estimate of drug-likeness (QED) is 0.598. The number of carbonyl (C=O) groups excluding carboxylic acids is 1. The maximum absolute atomic E-state index is 10.4. The summed E-state index contributed by atoms with van der Waals surface area (Å²) in [5.74, 6) is 0. The second kappa shape index (κ2) is 4.09. The molecule has 2 heteroatoms. The summed E-state index contributed by atoms with van der Waals surface area (Å²) in [6, 6.07) is 0. The van der Waals surface area contributed by atoms with Gasteiger partial charge in [0, 0.05) is 12.0 Å². The molecule has 0 aromatic carbocycles. The van der Waals surface area contributed by atoms with Gasteiger partial charge in [-0.25, -0.2) is 0 Å². The Morgan fingerprint density at radius 1 is 1.50 bits per heavy atom. The molecule has 0 aromatic heterocycles. The van der Waals surface area contributed by atoms with E-state index in [9.17, 15) is 4.79 Å². The van der Waals surface area contributed by atoms with Gasteiger partial charge in [0.2, 0.25) is 0 Å². The average Bonchev–Trinajstić information content (AvgIpc) is 1.89. The fourth-order valence-corrected chi connectivity index (χ4v) is 0.481. The maximum atomic E-state index is 10.4. The first-order valence-corrected chi connectivity index (χ1v) is 3.43. The van der Waals surface area contributed by atoms with Gasteiger partial charge in [0.05, 0.1) is 0 Å². The predicted octanol–water partition coefficient (Wildman–Crippen LogP) is 1.33. The van der Waals surface area contributed by atoms with Crippen molar-refractivity contribution < 1.29 is 4.79 Å². The lowest BCUT2D eigenvalue weighted by Crippen LogP contribution is -2.27. The second-order valence-corrected chi connectivity index (χ2v) is 2.99. The third-order valence-corrected chi connectivity index (χ3v) is 1.16. The Labute approximate surface area is 62.3 Å². The molecule has 0 aliphatic heterocycles. The van der Waals surface area contributed by atoms with E-state index in [-0.39, 0.29) is 5.41 Å². The fourth-order valence-electron chi connectivity index (χ4n) is 0.481. The van der Waals surface area contributed by atoms with Crippen molar-refractivity contribution in [3.8, 4) is 0 Å². The molecule has 0 saturated heterocycles. The molecular formula is C8H15NO. The summed E-state index contributed by atoms with van der Waals surface area (Å²) in [4.78, 5) is 10.4. The van der Waals surface area contributed by atoms with Gasteiger partial charge < -0.3 is 10.1 Å². The van der Waals surface area contributed by atoms with Crippen LogP contribution in [0.3, 0.4) is 0 Å². The van der Waals surface area contributed by atoms with Crippen LogP contribution < -0.4 is 5.32 Å². The first-order chi connectivity index (χ1) is 4.62. The van der Waals surface area contributed by atoms with Crippen LogP contribution >= 0.6 is 0 Å². The van der Waals surface area contributed by atoms with Crippen LogP contribution in [0.2, 0.25) is 0 Å². The van der Waals surface area contributed by atoms with Gasteiger partial charge in [0.25, 0.3) is 0 Å². The maximum Gasteiger partial charge on any atom is 0.127 e. The van der Waals surface area contributed by atoms with Crippen molar-refractivity contribution in [2.45, 2.75) is 20.8 Å². The van der Waals surface area contributed by atoms with E-state index in [0.717, 1.165) is 6.29 Å². The van der Waals surface area contributed by atoms with Crippen LogP contribution in [0.25, 0.3) is 0 Å². The molecular weight excluding hydrogens is 126 g/mol. The standard InChI is InChI=1S/C8H15NO/c1-4-5-9-6-8(2,3)7-10/h4-5,7,9H,6H2,1-3H3. The minimum absolute atomic E-state index is 0.250. The van der Waals surface area contributed by atoms with E-state index in [1.165, 1.54) is 0 Å². The highest BCUT2D eigenvalue weighted by atomic mass is 16.1. The molecule has 0 heterocycles. The molecule has 0 bridgehead atoms. The molecule has 0 atom stereocenters. The van der Waals surface area contributed by atoms with Gasteiger partial charge >= 0.3 is 0 Å². The molecule has 0 aliphatic carbocycles. The first-order valence-electron chi connectivity index (χ1n) is 3.43. The number of carbonyl (C=O) groups is 1. The van der Waals surface area contributed by atoms with E-state index < -0.39 is 0 Å². The number of rotatable bonds is 4. The van der Waals surface area contributed by atoms with Crippen molar-refractivity contribution in [2.24, 2.45) is 5.41 Å². The van der Waals surface area contributed by atoms with Crippen molar-refractivity contribution in [1.82, 2.24) is 5.32 Å². The third kappa shape index (κ3) is 4.13. The van der Waals surface area contributed by atoms with Crippen molar-refractivity contribution in [3.05, 3.63) is 12.3 Å². The Kier molecular flexibility index (Phi) is 3.77. The van der Waals surface area contributed by atoms with Crippen molar-refractivity contribution in [2.75, 3.05) is 6.54 Å². The van der Waals surface area contributed by atoms with Crippen LogP contribution in [0.15, 0.2) is 12.3 Å². The SMILES string of the molecule is CC=CNCC(C)(C)C=O. The smallest absolute Gasteiger partial charge is 0.127 e. The topological polar surface area (TPSA) is 29.1 Å². The van der Waals surface area contributed by atoms with E-state index in [2.05, 4.69) is 5.32 Å². The summed E-state index contributed by atoms with van der Waals surface area (Å²) in [6.07, 6.45) is 4.70. The van der Waals surface area contributed by atoms with Crippen molar-refractivity contribution in [1.29, 1.82) is 0 Å². The highest BCUT2D eigenvalue weighted by Gasteiger charge is 2.14. The van der Waals surface area contributed by atoms with E-state index in [0.29, 0.717) is 6.54 Å². The van der Waals surface area contributed by atoms with Crippen molar-refractivity contribution >= 4 is 6.29 Å². The Balaban J connectivity index is 3.56. The van der Waals surface area contributed by atoms with E-state index in [1.807, 2.05) is 33.0 Å². The number of allylic oxidation sites excluding steroid dienone is 1. The Hall–Kier alpha value is -0.790. The Bertz CT molecular complexity index is 127. The zero-order valence-electron chi connectivity index (χ0n) is 6.85. The van der Waals surface area contributed by atoms with Gasteiger partial charge in [-0.3, -0.25) is 0 Å². The summed E-state index contributed by atoms with van der Waals surface area (Å²) < 4.78 is 0. The fraction of sp³-hybridized carbons (Fsp3) is 0.625. The van der Waals surface area contributed by atoms with Crippen molar-refractivity contribution in [3.63, 3.8) is 0 Å². The lowest BCUT2D eigenvalue weighted by molar-refractivity contribution is -0.114. The summed E-state index contributed by atoms with van der Waals surface area (Å²) in [5, 5.41) is 3.01. The molecule has 2 nitrogen and oxygen atoms in total. The molecule has 0 rings (SSSR count). The molecule has 0 aromatic rings. The minimum Gasteiger partial charge on any atom is -0.390 e. The van der Waals surface area contributed by atoms with Gasteiger partial charge in [-0.05, 0) is 13.1 Å².